The Morgan fingerprint density at radius 3 is 2.87 bits per heavy atom. The smallest absolute Gasteiger partial charge is 0.0561 e. The second-order valence-corrected chi connectivity index (χ2v) is 5.17. The van der Waals surface area contributed by atoms with E-state index in [0.717, 1.165) is 6.61 Å². The van der Waals surface area contributed by atoms with Crippen molar-refractivity contribution in [1.29, 1.82) is 0 Å². The summed E-state index contributed by atoms with van der Waals surface area (Å²) in [5, 5.41) is 3.80. The Labute approximate surface area is 93.2 Å². The third kappa shape index (κ3) is 3.44. The van der Waals surface area contributed by atoms with Crippen molar-refractivity contribution in [2.24, 2.45) is 0 Å². The van der Waals surface area contributed by atoms with Gasteiger partial charge in [-0.1, -0.05) is 0 Å². The molecule has 0 saturated carbocycles. The number of piperidine rings is 1. The van der Waals surface area contributed by atoms with Crippen LogP contribution in [0, 0.1) is 0 Å². The van der Waals surface area contributed by atoms with Crippen LogP contribution in [-0.2, 0) is 4.74 Å². The SMILES string of the molecule is CC1CC(NC2CCCN(C)C2)CCO1. The quantitative estimate of drug-likeness (QED) is 0.745. The molecule has 15 heavy (non-hydrogen) atoms. The van der Waals surface area contributed by atoms with Gasteiger partial charge in [-0.2, -0.15) is 0 Å². The summed E-state index contributed by atoms with van der Waals surface area (Å²) in [5.74, 6) is 0. The third-order valence-electron chi connectivity index (χ3n) is 3.58. The van der Waals surface area contributed by atoms with Crippen LogP contribution in [0.4, 0.5) is 0 Å². The van der Waals surface area contributed by atoms with E-state index in [2.05, 4.69) is 24.2 Å². The molecule has 0 aromatic rings. The predicted octanol–water partition coefficient (Wildman–Crippen LogP) is 1.24. The molecule has 2 aliphatic rings. The highest BCUT2D eigenvalue weighted by Gasteiger charge is 2.24. The summed E-state index contributed by atoms with van der Waals surface area (Å²) in [6.45, 7) is 5.59. The van der Waals surface area contributed by atoms with Crippen LogP contribution in [0.5, 0.6) is 0 Å². The van der Waals surface area contributed by atoms with Gasteiger partial charge < -0.3 is 15.0 Å². The van der Waals surface area contributed by atoms with Gasteiger partial charge in [-0.15, -0.1) is 0 Å². The van der Waals surface area contributed by atoms with Crippen molar-refractivity contribution in [2.75, 3.05) is 26.7 Å². The fraction of sp³-hybridized carbons (Fsp3) is 1.00. The molecule has 0 aliphatic carbocycles. The molecular formula is C12H24N2O. The number of nitrogens with zero attached hydrogens (tertiary/aromatic N) is 1. The zero-order valence-corrected chi connectivity index (χ0v) is 10.0. The lowest BCUT2D eigenvalue weighted by atomic mass is 10.00. The van der Waals surface area contributed by atoms with Crippen LogP contribution in [0.3, 0.4) is 0 Å². The van der Waals surface area contributed by atoms with Crippen LogP contribution < -0.4 is 5.32 Å². The first kappa shape index (κ1) is 11.4. The molecule has 0 radical (unpaired) electrons. The molecule has 0 spiro atoms. The molecule has 0 bridgehead atoms. The Morgan fingerprint density at radius 2 is 2.13 bits per heavy atom. The van der Waals surface area contributed by atoms with E-state index in [1.807, 2.05) is 0 Å². The Hall–Kier alpha value is -0.120. The molecule has 3 unspecified atom stereocenters. The van der Waals surface area contributed by atoms with E-state index in [0.29, 0.717) is 18.2 Å². The fourth-order valence-corrected chi connectivity index (χ4v) is 2.79. The molecular weight excluding hydrogens is 188 g/mol. The van der Waals surface area contributed by atoms with E-state index < -0.39 is 0 Å². The summed E-state index contributed by atoms with van der Waals surface area (Å²) < 4.78 is 5.57. The number of ether oxygens (including phenoxy) is 1. The topological polar surface area (TPSA) is 24.5 Å². The molecule has 0 aromatic carbocycles. The monoisotopic (exact) mass is 212 g/mol. The Morgan fingerprint density at radius 1 is 1.27 bits per heavy atom. The van der Waals surface area contributed by atoms with Crippen LogP contribution >= 0.6 is 0 Å². The number of likely N-dealkylation sites (N-methyl/N-ethyl adjacent to an activating group) is 1. The Bertz CT molecular complexity index is 178. The zero-order valence-electron chi connectivity index (χ0n) is 10.0. The molecule has 2 heterocycles. The predicted molar refractivity (Wildman–Crippen MR) is 62.1 cm³/mol. The van der Waals surface area contributed by atoms with Crippen LogP contribution in [-0.4, -0.2) is 49.8 Å². The lowest BCUT2D eigenvalue weighted by molar-refractivity contribution is 0.00939. The van der Waals surface area contributed by atoms with E-state index >= 15 is 0 Å². The van der Waals surface area contributed by atoms with Crippen molar-refractivity contribution in [3.05, 3.63) is 0 Å². The highest BCUT2D eigenvalue weighted by molar-refractivity contribution is 4.82. The van der Waals surface area contributed by atoms with Crippen LogP contribution in [0.15, 0.2) is 0 Å². The van der Waals surface area contributed by atoms with Gasteiger partial charge in [-0.3, -0.25) is 0 Å². The summed E-state index contributed by atoms with van der Waals surface area (Å²) in [4.78, 5) is 2.43. The van der Waals surface area contributed by atoms with Crippen LogP contribution in [0.2, 0.25) is 0 Å². The lowest BCUT2D eigenvalue weighted by Crippen LogP contribution is -2.50. The molecule has 2 saturated heterocycles. The van der Waals surface area contributed by atoms with Gasteiger partial charge in [0.05, 0.1) is 6.10 Å². The molecule has 3 nitrogen and oxygen atoms in total. The van der Waals surface area contributed by atoms with Crippen LogP contribution in [0.1, 0.15) is 32.6 Å². The number of nitrogens with one attached hydrogen (secondary N) is 1. The van der Waals surface area contributed by atoms with Crippen molar-refractivity contribution in [3.8, 4) is 0 Å². The minimum Gasteiger partial charge on any atom is -0.378 e. The number of likely N-dealkylation sites (tertiary alicyclic amines) is 1. The van der Waals surface area contributed by atoms with Gasteiger partial charge in [0, 0.05) is 25.2 Å². The van der Waals surface area contributed by atoms with Crippen molar-refractivity contribution in [1.82, 2.24) is 10.2 Å². The second-order valence-electron chi connectivity index (χ2n) is 5.17. The summed E-state index contributed by atoms with van der Waals surface area (Å²) in [7, 11) is 2.22. The van der Waals surface area contributed by atoms with E-state index in [9.17, 15) is 0 Å². The molecule has 2 aliphatic heterocycles. The van der Waals surface area contributed by atoms with Crippen molar-refractivity contribution in [3.63, 3.8) is 0 Å². The maximum atomic E-state index is 5.57. The Balaban J connectivity index is 1.75. The maximum absolute atomic E-state index is 5.57. The number of hydrogen-bond acceptors (Lipinski definition) is 3. The molecule has 2 fully saturated rings. The highest BCUT2D eigenvalue weighted by atomic mass is 16.5. The minimum absolute atomic E-state index is 0.442. The molecule has 3 atom stereocenters. The molecule has 1 N–H and O–H groups in total. The van der Waals surface area contributed by atoms with E-state index in [4.69, 9.17) is 4.74 Å². The molecule has 0 aromatic heterocycles. The average molecular weight is 212 g/mol. The van der Waals surface area contributed by atoms with E-state index in [1.54, 1.807) is 0 Å². The van der Waals surface area contributed by atoms with Crippen molar-refractivity contribution >= 4 is 0 Å². The van der Waals surface area contributed by atoms with Gasteiger partial charge in [0.1, 0.15) is 0 Å². The molecule has 0 amide bonds. The van der Waals surface area contributed by atoms with E-state index in [1.165, 1.54) is 38.8 Å². The summed E-state index contributed by atoms with van der Waals surface area (Å²) in [6.07, 6.45) is 5.49. The largest absolute Gasteiger partial charge is 0.378 e. The Kier molecular flexibility index (Phi) is 4.00. The summed E-state index contributed by atoms with van der Waals surface area (Å²) in [6, 6.07) is 1.39. The van der Waals surface area contributed by atoms with Crippen LogP contribution in [0.25, 0.3) is 0 Å². The lowest BCUT2D eigenvalue weighted by Gasteiger charge is -2.36. The maximum Gasteiger partial charge on any atom is 0.0561 e. The zero-order chi connectivity index (χ0) is 10.7. The molecule has 88 valence electrons. The summed E-state index contributed by atoms with van der Waals surface area (Å²) in [5.41, 5.74) is 0. The molecule has 3 heteroatoms. The highest BCUT2D eigenvalue weighted by Crippen LogP contribution is 2.16. The van der Waals surface area contributed by atoms with Gasteiger partial charge in [0.25, 0.3) is 0 Å². The standard InChI is InChI=1S/C12H24N2O/c1-10-8-11(5-7-15-10)13-12-4-3-6-14(2)9-12/h10-13H,3-9H2,1-2H3. The fourth-order valence-electron chi connectivity index (χ4n) is 2.79. The molecule has 2 rings (SSSR count). The third-order valence-corrected chi connectivity index (χ3v) is 3.58. The first-order valence-electron chi connectivity index (χ1n) is 6.30. The average Bonchev–Trinajstić information content (AvgIpc) is 2.17. The minimum atomic E-state index is 0.442. The van der Waals surface area contributed by atoms with Gasteiger partial charge >= 0.3 is 0 Å². The second kappa shape index (κ2) is 5.28. The van der Waals surface area contributed by atoms with Gasteiger partial charge in [0.2, 0.25) is 0 Å². The number of rotatable bonds is 2. The first-order valence-corrected chi connectivity index (χ1v) is 6.30. The van der Waals surface area contributed by atoms with Gasteiger partial charge in [-0.05, 0) is 46.2 Å². The van der Waals surface area contributed by atoms with Gasteiger partial charge in [0.15, 0.2) is 0 Å². The van der Waals surface area contributed by atoms with E-state index in [-0.39, 0.29) is 0 Å². The number of hydrogen-bond donors (Lipinski definition) is 1. The van der Waals surface area contributed by atoms with Crippen molar-refractivity contribution in [2.45, 2.75) is 50.8 Å². The normalized spacial score (nSPS) is 39.2. The van der Waals surface area contributed by atoms with Crippen molar-refractivity contribution < 1.29 is 4.74 Å². The van der Waals surface area contributed by atoms with Gasteiger partial charge in [-0.25, -0.2) is 0 Å². The summed E-state index contributed by atoms with van der Waals surface area (Å²) >= 11 is 0. The first-order chi connectivity index (χ1) is 7.24.